The Morgan fingerprint density at radius 2 is 1.70 bits per heavy atom. The van der Waals surface area contributed by atoms with Crippen molar-refractivity contribution in [3.05, 3.63) is 23.9 Å². The van der Waals surface area contributed by atoms with E-state index in [9.17, 15) is 35.5 Å². The molecule has 3 nitrogen and oxygen atoms in total. The molecule has 20 heavy (non-hydrogen) atoms. The molecular weight excluding hydrogens is 297 g/mol. The molecule has 0 saturated heterocycles. The van der Waals surface area contributed by atoms with Crippen molar-refractivity contribution in [1.29, 1.82) is 0 Å². The smallest absolute Gasteiger partial charge is 0.305 e. The van der Waals surface area contributed by atoms with E-state index in [-0.39, 0.29) is 0 Å². The van der Waals surface area contributed by atoms with Gasteiger partial charge in [-0.3, -0.25) is 4.79 Å². The fraction of sp³-hybridized carbons (Fsp3) is 0.400. The molecule has 0 aliphatic carbocycles. The summed E-state index contributed by atoms with van der Waals surface area (Å²) in [5.41, 5.74) is 0.432. The van der Waals surface area contributed by atoms with Crippen LogP contribution in [0.2, 0.25) is 0 Å². The van der Waals surface area contributed by atoms with E-state index in [4.69, 9.17) is 0 Å². The maximum Gasteiger partial charge on any atom is 0.460 e. The lowest BCUT2D eigenvalue weighted by atomic mass is 10.1. The number of carbonyl (C=O) groups excluding carboxylic acids is 1. The first-order valence-electron chi connectivity index (χ1n) is 4.96. The summed E-state index contributed by atoms with van der Waals surface area (Å²) in [6.45, 7) is 1.47. The van der Waals surface area contributed by atoms with Gasteiger partial charge in [-0.15, -0.1) is 0 Å². The summed E-state index contributed by atoms with van der Waals surface area (Å²) in [6.07, 6.45) is -5.50. The van der Waals surface area contributed by atoms with Crippen LogP contribution in [0.1, 0.15) is 5.56 Å². The molecule has 0 saturated carbocycles. The van der Waals surface area contributed by atoms with Crippen molar-refractivity contribution in [2.24, 2.45) is 0 Å². The van der Waals surface area contributed by atoms with Crippen molar-refractivity contribution in [3.8, 4) is 0 Å². The minimum absolute atomic E-state index is 0.432. The van der Waals surface area contributed by atoms with Crippen LogP contribution in [-0.2, 0) is 4.79 Å². The zero-order chi connectivity index (χ0) is 15.8. The number of carbonyl (C=O) groups is 1. The first-order valence-corrected chi connectivity index (χ1v) is 4.96. The monoisotopic (exact) mass is 304 g/mol. The second-order valence-electron chi connectivity index (χ2n) is 3.82. The van der Waals surface area contributed by atoms with Crippen LogP contribution >= 0.6 is 0 Å². The van der Waals surface area contributed by atoms with E-state index >= 15 is 0 Å². The highest BCUT2D eigenvalue weighted by Crippen LogP contribution is 2.46. The second kappa shape index (κ2) is 4.91. The number of rotatable bonds is 3. The quantitative estimate of drug-likeness (QED) is 0.872. The van der Waals surface area contributed by atoms with E-state index in [0.29, 0.717) is 5.56 Å². The number of alkyl halides is 7. The fourth-order valence-electron chi connectivity index (χ4n) is 1.12. The van der Waals surface area contributed by atoms with Gasteiger partial charge in [0.2, 0.25) is 0 Å². The van der Waals surface area contributed by atoms with Gasteiger partial charge >= 0.3 is 23.9 Å². The molecule has 0 aromatic carbocycles. The number of hydrogen-bond acceptors (Lipinski definition) is 2. The third-order valence-electron chi connectivity index (χ3n) is 2.19. The summed E-state index contributed by atoms with van der Waals surface area (Å²) in [5, 5.41) is 1.22. The maximum absolute atomic E-state index is 13.0. The average molecular weight is 304 g/mol. The topological polar surface area (TPSA) is 42.0 Å². The molecule has 1 amide bonds. The number of halogens is 7. The standard InChI is InChI=1S/C10H7F7N2O/c1-5-2-3-18-6(4-5)19-7(20)8(11,12)9(13,14)10(15,16)17/h2-4H,1H3,(H,18,19,20). The Balaban J connectivity index is 3.01. The van der Waals surface area contributed by atoms with Gasteiger partial charge in [0.1, 0.15) is 5.82 Å². The average Bonchev–Trinajstić information content (AvgIpc) is 2.27. The van der Waals surface area contributed by atoms with Crippen LogP contribution < -0.4 is 5.32 Å². The van der Waals surface area contributed by atoms with Gasteiger partial charge < -0.3 is 5.32 Å². The van der Waals surface area contributed by atoms with E-state index in [2.05, 4.69) is 4.98 Å². The Labute approximate surface area is 107 Å². The predicted octanol–water partition coefficient (Wildman–Crippen LogP) is 3.16. The van der Waals surface area contributed by atoms with Crippen LogP contribution in [0, 0.1) is 6.92 Å². The molecule has 1 rings (SSSR count). The molecule has 0 radical (unpaired) electrons. The lowest BCUT2D eigenvalue weighted by Gasteiger charge is -2.26. The van der Waals surface area contributed by atoms with E-state index in [0.717, 1.165) is 12.3 Å². The summed E-state index contributed by atoms with van der Waals surface area (Å²) >= 11 is 0. The van der Waals surface area contributed by atoms with Crippen LogP contribution in [0.15, 0.2) is 18.3 Å². The lowest BCUT2D eigenvalue weighted by molar-refractivity contribution is -0.343. The largest absolute Gasteiger partial charge is 0.460 e. The minimum atomic E-state index is -6.56. The molecule has 1 N–H and O–H groups in total. The van der Waals surface area contributed by atoms with Crippen LogP contribution in [-0.4, -0.2) is 28.9 Å². The van der Waals surface area contributed by atoms with Crippen LogP contribution in [0.3, 0.4) is 0 Å². The summed E-state index contributed by atoms with van der Waals surface area (Å²) in [6, 6.07) is 2.43. The normalized spacial score (nSPS) is 13.2. The molecule has 112 valence electrons. The van der Waals surface area contributed by atoms with E-state index < -0.39 is 29.7 Å². The van der Waals surface area contributed by atoms with Crippen molar-refractivity contribution >= 4 is 11.7 Å². The molecule has 0 bridgehead atoms. The highest BCUT2D eigenvalue weighted by Gasteiger charge is 2.76. The second-order valence-corrected chi connectivity index (χ2v) is 3.82. The first kappa shape index (κ1) is 16.2. The molecule has 0 unspecified atom stereocenters. The molecule has 0 aliphatic heterocycles. The van der Waals surface area contributed by atoms with Crippen LogP contribution in [0.5, 0.6) is 0 Å². The summed E-state index contributed by atoms with van der Waals surface area (Å²) in [4.78, 5) is 14.3. The van der Waals surface area contributed by atoms with Gasteiger partial charge in [0.25, 0.3) is 0 Å². The summed E-state index contributed by atoms with van der Waals surface area (Å²) in [5.74, 6) is -15.8. The molecule has 0 spiro atoms. The number of pyridine rings is 1. The van der Waals surface area contributed by atoms with Crippen molar-refractivity contribution in [1.82, 2.24) is 4.98 Å². The Kier molecular flexibility index (Phi) is 3.97. The number of nitrogens with zero attached hydrogens (tertiary/aromatic N) is 1. The molecule has 0 aliphatic rings. The van der Waals surface area contributed by atoms with Crippen LogP contribution in [0.25, 0.3) is 0 Å². The fourth-order valence-corrected chi connectivity index (χ4v) is 1.12. The molecule has 1 aromatic heterocycles. The van der Waals surface area contributed by atoms with Gasteiger partial charge in [-0.05, 0) is 24.6 Å². The number of amides is 1. The molecule has 10 heteroatoms. The molecular formula is C10H7F7N2O. The van der Waals surface area contributed by atoms with Gasteiger partial charge in [0, 0.05) is 6.20 Å². The number of nitrogens with one attached hydrogen (secondary N) is 1. The van der Waals surface area contributed by atoms with Crippen LogP contribution in [0.4, 0.5) is 36.6 Å². The number of aromatic nitrogens is 1. The Morgan fingerprint density at radius 1 is 1.15 bits per heavy atom. The van der Waals surface area contributed by atoms with Gasteiger partial charge in [-0.2, -0.15) is 30.7 Å². The zero-order valence-electron chi connectivity index (χ0n) is 9.73. The summed E-state index contributed by atoms with van der Waals surface area (Å²) < 4.78 is 86.7. The van der Waals surface area contributed by atoms with Gasteiger partial charge in [-0.1, -0.05) is 0 Å². The van der Waals surface area contributed by atoms with Crippen molar-refractivity contribution in [2.75, 3.05) is 5.32 Å². The Morgan fingerprint density at radius 3 is 2.15 bits per heavy atom. The summed E-state index contributed by atoms with van der Waals surface area (Å²) in [7, 11) is 0. The van der Waals surface area contributed by atoms with E-state index in [1.807, 2.05) is 0 Å². The SMILES string of the molecule is Cc1ccnc(NC(=O)C(F)(F)C(F)(F)C(F)(F)F)c1. The third kappa shape index (κ3) is 2.83. The van der Waals surface area contributed by atoms with Crippen molar-refractivity contribution in [3.63, 3.8) is 0 Å². The Hall–Kier alpha value is -1.87. The molecule has 0 atom stereocenters. The van der Waals surface area contributed by atoms with E-state index in [1.165, 1.54) is 18.3 Å². The number of anilines is 1. The van der Waals surface area contributed by atoms with Crippen molar-refractivity contribution in [2.45, 2.75) is 24.9 Å². The number of hydrogen-bond donors (Lipinski definition) is 1. The first-order chi connectivity index (χ1) is 8.89. The highest BCUT2D eigenvalue weighted by atomic mass is 19.4. The van der Waals surface area contributed by atoms with Gasteiger partial charge in [0.05, 0.1) is 0 Å². The zero-order valence-corrected chi connectivity index (χ0v) is 9.73. The van der Waals surface area contributed by atoms with Gasteiger partial charge in [0.15, 0.2) is 0 Å². The van der Waals surface area contributed by atoms with E-state index in [1.54, 1.807) is 0 Å². The third-order valence-corrected chi connectivity index (χ3v) is 2.19. The Bertz CT molecular complexity index is 513. The molecule has 1 aromatic rings. The lowest BCUT2D eigenvalue weighted by Crippen LogP contribution is -2.57. The number of aryl methyl sites for hydroxylation is 1. The maximum atomic E-state index is 13.0. The molecule has 0 fully saturated rings. The highest BCUT2D eigenvalue weighted by molar-refractivity contribution is 5.96. The van der Waals surface area contributed by atoms with Gasteiger partial charge in [-0.25, -0.2) is 4.98 Å². The predicted molar refractivity (Wildman–Crippen MR) is 53.6 cm³/mol. The van der Waals surface area contributed by atoms with Crippen molar-refractivity contribution < 1.29 is 35.5 Å². The molecule has 1 heterocycles. The minimum Gasteiger partial charge on any atom is -0.305 e.